The Hall–Kier alpha value is -3.38. The van der Waals surface area contributed by atoms with E-state index in [-0.39, 0.29) is 5.56 Å². The van der Waals surface area contributed by atoms with Gasteiger partial charge in [-0.3, -0.25) is 9.89 Å². The van der Waals surface area contributed by atoms with Crippen molar-refractivity contribution in [2.75, 3.05) is 14.2 Å². The first kappa shape index (κ1) is 18.0. The summed E-state index contributed by atoms with van der Waals surface area (Å²) in [5.41, 5.74) is 5.02. The van der Waals surface area contributed by atoms with E-state index in [9.17, 15) is 4.79 Å². The number of hydrogen-bond donors (Lipinski definition) is 1. The van der Waals surface area contributed by atoms with Gasteiger partial charge >= 0.3 is 0 Å². The van der Waals surface area contributed by atoms with E-state index < -0.39 is 0 Å². The molecular formula is C22H21N3O3. The summed E-state index contributed by atoms with van der Waals surface area (Å²) in [6.45, 7) is 0.291. The molecule has 0 fully saturated rings. The molecule has 6 nitrogen and oxygen atoms in total. The molecule has 142 valence electrons. The molecular weight excluding hydrogens is 354 g/mol. The lowest BCUT2D eigenvalue weighted by molar-refractivity contribution is 0.181. The van der Waals surface area contributed by atoms with Crippen molar-refractivity contribution >= 4 is 5.65 Å². The van der Waals surface area contributed by atoms with E-state index in [1.807, 2.05) is 54.6 Å². The zero-order valence-electron chi connectivity index (χ0n) is 15.8. The van der Waals surface area contributed by atoms with Crippen molar-refractivity contribution < 1.29 is 9.47 Å². The lowest BCUT2D eigenvalue weighted by Gasteiger charge is -2.06. The Morgan fingerprint density at radius 1 is 1.04 bits per heavy atom. The molecule has 0 aliphatic heterocycles. The largest absolute Gasteiger partial charge is 0.497 e. The molecule has 0 aliphatic rings. The van der Waals surface area contributed by atoms with Crippen LogP contribution in [0.25, 0.3) is 16.8 Å². The van der Waals surface area contributed by atoms with Gasteiger partial charge in [0.2, 0.25) is 0 Å². The maximum atomic E-state index is 12.6. The molecule has 4 aromatic rings. The van der Waals surface area contributed by atoms with Crippen molar-refractivity contribution in [3.05, 3.63) is 88.0 Å². The number of hydrogen-bond acceptors (Lipinski definition) is 4. The second kappa shape index (κ2) is 7.70. The minimum absolute atomic E-state index is 0.157. The third kappa shape index (κ3) is 3.42. The van der Waals surface area contributed by atoms with E-state index in [4.69, 9.17) is 9.47 Å². The van der Waals surface area contributed by atoms with Gasteiger partial charge in [0.25, 0.3) is 5.56 Å². The van der Waals surface area contributed by atoms with Crippen LogP contribution in [0.3, 0.4) is 0 Å². The molecule has 6 heteroatoms. The summed E-state index contributed by atoms with van der Waals surface area (Å²) in [6, 6.07) is 19.4. The van der Waals surface area contributed by atoms with Crippen molar-refractivity contribution in [3.63, 3.8) is 0 Å². The summed E-state index contributed by atoms with van der Waals surface area (Å²) in [6.07, 6.45) is 0.636. The maximum absolute atomic E-state index is 12.6. The number of H-pyrrole nitrogens is 1. The van der Waals surface area contributed by atoms with E-state index in [0.29, 0.717) is 24.4 Å². The van der Waals surface area contributed by atoms with Crippen LogP contribution in [-0.4, -0.2) is 28.8 Å². The average Bonchev–Trinajstić information content (AvgIpc) is 3.08. The van der Waals surface area contributed by atoms with E-state index in [0.717, 1.165) is 28.1 Å². The van der Waals surface area contributed by atoms with Gasteiger partial charge < -0.3 is 9.47 Å². The fourth-order valence-corrected chi connectivity index (χ4v) is 3.34. The number of nitrogens with one attached hydrogen (secondary N) is 1. The van der Waals surface area contributed by atoms with E-state index >= 15 is 0 Å². The molecule has 0 aliphatic carbocycles. The fourth-order valence-electron chi connectivity index (χ4n) is 3.34. The smallest absolute Gasteiger partial charge is 0.273 e. The van der Waals surface area contributed by atoms with E-state index in [1.54, 1.807) is 14.2 Å². The number of fused-ring (bicyclic) bond motifs is 1. The number of aromatic nitrogens is 3. The van der Waals surface area contributed by atoms with Gasteiger partial charge in [-0.1, -0.05) is 42.5 Å². The van der Waals surface area contributed by atoms with Crippen LogP contribution in [-0.2, 0) is 17.8 Å². The molecule has 0 atom stereocenters. The van der Waals surface area contributed by atoms with Crippen LogP contribution in [0.4, 0.5) is 0 Å². The molecule has 2 aromatic carbocycles. The first-order chi connectivity index (χ1) is 13.7. The molecule has 28 heavy (non-hydrogen) atoms. The average molecular weight is 375 g/mol. The highest BCUT2D eigenvalue weighted by atomic mass is 16.5. The normalized spacial score (nSPS) is 11.1. The summed E-state index contributed by atoms with van der Waals surface area (Å²) in [7, 11) is 3.24. The summed E-state index contributed by atoms with van der Waals surface area (Å²) in [5, 5.41) is 3.25. The van der Waals surface area contributed by atoms with Gasteiger partial charge in [0.05, 0.1) is 19.4 Å². The molecule has 4 rings (SSSR count). The van der Waals surface area contributed by atoms with Crippen molar-refractivity contribution in [2.24, 2.45) is 0 Å². The quantitative estimate of drug-likeness (QED) is 0.561. The third-order valence-electron chi connectivity index (χ3n) is 4.64. The van der Waals surface area contributed by atoms with Crippen LogP contribution in [0, 0.1) is 0 Å². The van der Waals surface area contributed by atoms with Gasteiger partial charge in [-0.25, -0.2) is 9.50 Å². The molecule has 0 radical (unpaired) electrons. The molecule has 0 saturated carbocycles. The minimum Gasteiger partial charge on any atom is -0.497 e. The molecule has 2 heterocycles. The summed E-state index contributed by atoms with van der Waals surface area (Å²) in [5.74, 6) is 0.811. The number of benzene rings is 2. The number of nitrogens with zero attached hydrogens (tertiary/aromatic N) is 2. The molecule has 0 unspecified atom stereocenters. The van der Waals surface area contributed by atoms with Crippen LogP contribution in [0.1, 0.15) is 17.0 Å². The Labute approximate surface area is 162 Å². The van der Waals surface area contributed by atoms with Crippen LogP contribution in [0.15, 0.2) is 65.5 Å². The zero-order valence-corrected chi connectivity index (χ0v) is 15.8. The predicted octanol–water partition coefficient (Wildman–Crippen LogP) is 3.44. The number of rotatable bonds is 6. The van der Waals surface area contributed by atoms with Crippen LogP contribution >= 0.6 is 0 Å². The first-order valence-electron chi connectivity index (χ1n) is 9.00. The Balaban J connectivity index is 1.89. The Bertz CT molecular complexity index is 1150. The Morgan fingerprint density at radius 2 is 1.79 bits per heavy atom. The molecule has 0 saturated heterocycles. The predicted molar refractivity (Wildman–Crippen MR) is 108 cm³/mol. The van der Waals surface area contributed by atoms with Gasteiger partial charge in [-0.2, -0.15) is 0 Å². The van der Waals surface area contributed by atoms with Gasteiger partial charge in [-0.15, -0.1) is 0 Å². The van der Waals surface area contributed by atoms with Gasteiger partial charge in [0, 0.05) is 30.9 Å². The Kier molecular flexibility index (Phi) is 4.95. The molecule has 2 aromatic heterocycles. The maximum Gasteiger partial charge on any atom is 0.273 e. The summed E-state index contributed by atoms with van der Waals surface area (Å²) >= 11 is 0. The van der Waals surface area contributed by atoms with Crippen molar-refractivity contribution in [1.29, 1.82) is 0 Å². The lowest BCUT2D eigenvalue weighted by atomic mass is 10.0. The first-order valence-corrected chi connectivity index (χ1v) is 9.00. The minimum atomic E-state index is -0.157. The highest BCUT2D eigenvalue weighted by molar-refractivity contribution is 5.80. The third-order valence-corrected chi connectivity index (χ3v) is 4.64. The second-order valence-electron chi connectivity index (χ2n) is 6.53. The van der Waals surface area contributed by atoms with Crippen molar-refractivity contribution in [3.8, 4) is 16.9 Å². The van der Waals surface area contributed by atoms with Gasteiger partial charge in [0.15, 0.2) is 5.65 Å². The molecule has 1 N–H and O–H groups in total. The number of ether oxygens (including phenoxy) is 2. The van der Waals surface area contributed by atoms with Crippen LogP contribution in [0.2, 0.25) is 0 Å². The van der Waals surface area contributed by atoms with Crippen LogP contribution in [0.5, 0.6) is 5.75 Å². The highest BCUT2D eigenvalue weighted by Crippen LogP contribution is 2.29. The van der Waals surface area contributed by atoms with E-state index in [2.05, 4.69) is 10.1 Å². The highest BCUT2D eigenvalue weighted by Gasteiger charge is 2.17. The van der Waals surface area contributed by atoms with Gasteiger partial charge in [0.1, 0.15) is 5.75 Å². The standard InChI is InChI=1S/C22H21N3O3/c1-27-14-17-13-20(26)25-22(23-17)21(16-6-4-3-5-7-16)19(24-25)12-15-8-10-18(28-2)11-9-15/h3-11,13,24H,12,14H2,1-2H3. The summed E-state index contributed by atoms with van der Waals surface area (Å²) < 4.78 is 11.9. The van der Waals surface area contributed by atoms with Crippen molar-refractivity contribution in [2.45, 2.75) is 13.0 Å². The number of aromatic amines is 1. The summed E-state index contributed by atoms with van der Waals surface area (Å²) in [4.78, 5) is 17.3. The zero-order chi connectivity index (χ0) is 19.5. The Morgan fingerprint density at radius 3 is 2.46 bits per heavy atom. The molecule has 0 bridgehead atoms. The van der Waals surface area contributed by atoms with Gasteiger partial charge in [-0.05, 0) is 23.3 Å². The van der Waals surface area contributed by atoms with E-state index in [1.165, 1.54) is 10.6 Å². The molecule has 0 spiro atoms. The van der Waals surface area contributed by atoms with Crippen molar-refractivity contribution in [1.82, 2.24) is 14.6 Å². The monoisotopic (exact) mass is 375 g/mol. The second-order valence-corrected chi connectivity index (χ2v) is 6.53. The molecule has 0 amide bonds. The lowest BCUT2D eigenvalue weighted by Crippen LogP contribution is -2.16. The topological polar surface area (TPSA) is 68.6 Å². The SMILES string of the molecule is COCc1cc(=O)n2[nH]c(Cc3ccc(OC)cc3)c(-c3ccccc3)c2n1. The fraction of sp³-hybridized carbons (Fsp3) is 0.182. The van der Waals surface area contributed by atoms with Crippen LogP contribution < -0.4 is 10.3 Å². The number of methoxy groups -OCH3 is 2.